The van der Waals surface area contributed by atoms with Crippen LogP contribution in [-0.2, 0) is 0 Å². The quantitative estimate of drug-likeness (QED) is 0.563. The van der Waals surface area contributed by atoms with Gasteiger partial charge in [-0.25, -0.2) is 0 Å². The first-order chi connectivity index (χ1) is 4.77. The van der Waals surface area contributed by atoms with Crippen molar-refractivity contribution in [2.45, 2.75) is 18.9 Å². The Morgan fingerprint density at radius 1 is 1.60 bits per heavy atom. The maximum Gasteiger partial charge on any atom is 0.0140 e. The zero-order chi connectivity index (χ0) is 7.19. The van der Waals surface area contributed by atoms with Gasteiger partial charge in [0.25, 0.3) is 0 Å². The molecule has 1 aliphatic carbocycles. The van der Waals surface area contributed by atoms with E-state index in [-0.39, 0.29) is 0 Å². The highest BCUT2D eigenvalue weighted by Gasteiger charge is 2.55. The van der Waals surface area contributed by atoms with Crippen molar-refractivity contribution in [3.05, 3.63) is 0 Å². The minimum atomic E-state index is 0.698. The number of likely N-dealkylation sites (tertiary alicyclic amines) is 1. The zero-order valence-corrected chi connectivity index (χ0v) is 6.85. The molecule has 2 unspecified atom stereocenters. The lowest BCUT2D eigenvalue weighted by Crippen LogP contribution is -2.21. The minimum absolute atomic E-state index is 0.698. The van der Waals surface area contributed by atoms with Crippen molar-refractivity contribution in [3.8, 4) is 0 Å². The topological polar surface area (TPSA) is 15.3 Å². The van der Waals surface area contributed by atoms with Crippen LogP contribution in [0.5, 0.6) is 0 Å². The van der Waals surface area contributed by atoms with E-state index in [0.717, 1.165) is 6.04 Å². The third-order valence-corrected chi connectivity index (χ3v) is 3.11. The number of rotatable bonds is 1. The van der Waals surface area contributed by atoms with Crippen LogP contribution in [0.4, 0.5) is 0 Å². The molecular weight excluding hydrogens is 124 g/mol. The maximum atomic E-state index is 3.37. The monoisotopic (exact) mass is 140 g/mol. The fourth-order valence-corrected chi connectivity index (χ4v) is 2.32. The van der Waals surface area contributed by atoms with E-state index in [0.29, 0.717) is 5.41 Å². The molecule has 0 aromatic carbocycles. The second kappa shape index (κ2) is 1.95. The van der Waals surface area contributed by atoms with Gasteiger partial charge >= 0.3 is 0 Å². The Labute approximate surface area is 62.6 Å². The van der Waals surface area contributed by atoms with E-state index in [9.17, 15) is 0 Å². The Morgan fingerprint density at radius 3 is 2.80 bits per heavy atom. The third kappa shape index (κ3) is 0.789. The predicted molar refractivity (Wildman–Crippen MR) is 42.0 cm³/mol. The van der Waals surface area contributed by atoms with Crippen LogP contribution in [0.3, 0.4) is 0 Å². The minimum Gasteiger partial charge on any atom is -0.316 e. The smallest absolute Gasteiger partial charge is 0.0140 e. The van der Waals surface area contributed by atoms with Gasteiger partial charge in [-0.1, -0.05) is 0 Å². The van der Waals surface area contributed by atoms with Gasteiger partial charge in [-0.2, -0.15) is 0 Å². The Hall–Kier alpha value is -0.0800. The van der Waals surface area contributed by atoms with Crippen molar-refractivity contribution in [2.75, 3.05) is 27.2 Å². The van der Waals surface area contributed by atoms with Crippen LogP contribution in [-0.4, -0.2) is 38.1 Å². The summed E-state index contributed by atoms with van der Waals surface area (Å²) in [5.74, 6) is 0. The van der Waals surface area contributed by atoms with Crippen LogP contribution >= 0.6 is 0 Å². The molecule has 0 amide bonds. The fraction of sp³-hybridized carbons (Fsp3) is 1.00. The van der Waals surface area contributed by atoms with Crippen LogP contribution in [0.2, 0.25) is 0 Å². The second-order valence-corrected chi connectivity index (χ2v) is 3.90. The van der Waals surface area contributed by atoms with Crippen molar-refractivity contribution < 1.29 is 0 Å². The molecule has 58 valence electrons. The molecule has 2 aliphatic rings. The molecule has 10 heavy (non-hydrogen) atoms. The summed E-state index contributed by atoms with van der Waals surface area (Å²) in [7, 11) is 4.30. The van der Waals surface area contributed by atoms with Crippen molar-refractivity contribution in [1.82, 2.24) is 10.2 Å². The van der Waals surface area contributed by atoms with Gasteiger partial charge < -0.3 is 10.2 Å². The number of nitrogens with zero attached hydrogens (tertiary/aromatic N) is 1. The van der Waals surface area contributed by atoms with Gasteiger partial charge in [-0.05, 0) is 33.5 Å². The van der Waals surface area contributed by atoms with Crippen molar-refractivity contribution in [3.63, 3.8) is 0 Å². The predicted octanol–water partition coefficient (Wildman–Crippen LogP) is 0.300. The summed E-state index contributed by atoms with van der Waals surface area (Å²) >= 11 is 0. The molecule has 1 saturated carbocycles. The molecule has 1 heterocycles. The van der Waals surface area contributed by atoms with E-state index in [1.54, 1.807) is 0 Å². The molecule has 0 aromatic heterocycles. The molecule has 1 aliphatic heterocycles. The molecule has 2 fully saturated rings. The first-order valence-corrected chi connectivity index (χ1v) is 4.13. The molecule has 2 atom stereocenters. The molecule has 0 aromatic rings. The van der Waals surface area contributed by atoms with Crippen LogP contribution < -0.4 is 5.32 Å². The highest BCUT2D eigenvalue weighted by atomic mass is 15.2. The summed E-state index contributed by atoms with van der Waals surface area (Å²) in [4.78, 5) is 2.44. The van der Waals surface area contributed by atoms with Crippen LogP contribution in [0.1, 0.15) is 12.8 Å². The number of hydrogen-bond acceptors (Lipinski definition) is 2. The molecule has 2 rings (SSSR count). The Bertz CT molecular complexity index is 146. The Balaban J connectivity index is 1.96. The van der Waals surface area contributed by atoms with E-state index >= 15 is 0 Å². The molecular formula is C8H16N2. The summed E-state index contributed by atoms with van der Waals surface area (Å²) in [6, 6.07) is 0.831. The van der Waals surface area contributed by atoms with E-state index in [1.807, 2.05) is 0 Å². The van der Waals surface area contributed by atoms with Gasteiger partial charge in [-0.15, -0.1) is 0 Å². The van der Waals surface area contributed by atoms with Gasteiger partial charge in [0.05, 0.1) is 0 Å². The average Bonchev–Trinajstić information content (AvgIpc) is 2.46. The van der Waals surface area contributed by atoms with Gasteiger partial charge in [0, 0.05) is 18.0 Å². The van der Waals surface area contributed by atoms with Gasteiger partial charge in [-0.3, -0.25) is 0 Å². The van der Waals surface area contributed by atoms with Crippen LogP contribution in [0.15, 0.2) is 0 Å². The zero-order valence-electron chi connectivity index (χ0n) is 6.85. The average molecular weight is 140 g/mol. The molecule has 1 saturated heterocycles. The summed E-state index contributed by atoms with van der Waals surface area (Å²) in [5.41, 5.74) is 0.698. The number of hydrogen-bond donors (Lipinski definition) is 1. The molecule has 2 heteroatoms. The summed E-state index contributed by atoms with van der Waals surface area (Å²) < 4.78 is 0. The highest BCUT2D eigenvalue weighted by Crippen LogP contribution is 2.52. The lowest BCUT2D eigenvalue weighted by molar-refractivity contribution is 0.380. The normalized spacial score (nSPS) is 46.8. The summed E-state index contributed by atoms with van der Waals surface area (Å²) in [6.07, 6.45) is 2.82. The first kappa shape index (κ1) is 6.62. The van der Waals surface area contributed by atoms with Crippen LogP contribution in [0.25, 0.3) is 0 Å². The largest absolute Gasteiger partial charge is 0.316 e. The van der Waals surface area contributed by atoms with E-state index in [4.69, 9.17) is 0 Å². The Morgan fingerprint density at radius 2 is 2.40 bits per heavy atom. The van der Waals surface area contributed by atoms with Gasteiger partial charge in [0.1, 0.15) is 0 Å². The third-order valence-electron chi connectivity index (χ3n) is 3.11. The molecule has 0 radical (unpaired) electrons. The SMILES string of the molecule is CNC1CC12CCN(C)C2. The van der Waals surface area contributed by atoms with Crippen molar-refractivity contribution in [2.24, 2.45) is 5.41 Å². The fourth-order valence-electron chi connectivity index (χ4n) is 2.32. The van der Waals surface area contributed by atoms with Crippen molar-refractivity contribution in [1.29, 1.82) is 0 Å². The lowest BCUT2D eigenvalue weighted by atomic mass is 10.1. The molecule has 1 N–H and O–H groups in total. The first-order valence-electron chi connectivity index (χ1n) is 4.13. The standard InChI is InChI=1S/C8H16N2/c1-9-7-5-8(7)3-4-10(2)6-8/h7,9H,3-6H2,1-2H3. The van der Waals surface area contributed by atoms with Crippen molar-refractivity contribution >= 4 is 0 Å². The summed E-state index contributed by atoms with van der Waals surface area (Å²) in [5, 5.41) is 3.37. The Kier molecular flexibility index (Phi) is 1.29. The number of nitrogens with one attached hydrogen (secondary N) is 1. The highest BCUT2D eigenvalue weighted by molar-refractivity contribution is 5.11. The second-order valence-electron chi connectivity index (χ2n) is 3.90. The van der Waals surface area contributed by atoms with E-state index in [1.165, 1.54) is 25.9 Å². The maximum absolute atomic E-state index is 3.37. The molecule has 2 nitrogen and oxygen atoms in total. The van der Waals surface area contributed by atoms with E-state index < -0.39 is 0 Å². The van der Waals surface area contributed by atoms with Gasteiger partial charge in [0.2, 0.25) is 0 Å². The molecule has 0 bridgehead atoms. The van der Waals surface area contributed by atoms with Crippen LogP contribution in [0, 0.1) is 5.41 Å². The summed E-state index contributed by atoms with van der Waals surface area (Å²) in [6.45, 7) is 2.62. The lowest BCUT2D eigenvalue weighted by Gasteiger charge is -2.08. The van der Waals surface area contributed by atoms with E-state index in [2.05, 4.69) is 24.3 Å². The van der Waals surface area contributed by atoms with Gasteiger partial charge in [0.15, 0.2) is 0 Å². The molecule has 1 spiro atoms.